The lowest BCUT2D eigenvalue weighted by Gasteiger charge is -2.14. The fraction of sp³-hybridized carbons (Fsp3) is 0.455. The lowest BCUT2D eigenvalue weighted by molar-refractivity contribution is 0.446. The summed E-state index contributed by atoms with van der Waals surface area (Å²) in [6, 6.07) is 0. The number of allylic oxidation sites excluding steroid dienone is 4. The van der Waals surface area contributed by atoms with Crippen LogP contribution in [0.2, 0.25) is 0 Å². The molecule has 0 aromatic rings. The van der Waals surface area contributed by atoms with E-state index in [9.17, 15) is 0 Å². The largest absolute Gasteiger partial charge is 0.377 e. The van der Waals surface area contributed by atoms with Crippen molar-refractivity contribution < 1.29 is 0 Å². The summed E-state index contributed by atoms with van der Waals surface area (Å²) in [5.74, 6) is 0. The van der Waals surface area contributed by atoms with Gasteiger partial charge < -0.3 is 4.90 Å². The molecule has 0 unspecified atom stereocenters. The Morgan fingerprint density at radius 1 is 1.58 bits per heavy atom. The Balaban J connectivity index is 2.77. The molecule has 0 N–H and O–H groups in total. The predicted octanol–water partition coefficient (Wildman–Crippen LogP) is 2.73. The van der Waals surface area contributed by atoms with Crippen LogP contribution < -0.4 is 0 Å². The van der Waals surface area contributed by atoms with Crippen LogP contribution in [0.25, 0.3) is 0 Å². The first-order valence-electron chi connectivity index (χ1n) is 4.51. The first-order chi connectivity index (χ1) is 5.79. The van der Waals surface area contributed by atoms with Gasteiger partial charge in [-0.2, -0.15) is 0 Å². The van der Waals surface area contributed by atoms with Crippen molar-refractivity contribution in [3.8, 4) is 0 Å². The average molecular weight is 163 g/mol. The highest BCUT2D eigenvalue weighted by Gasteiger charge is 2.14. The summed E-state index contributed by atoms with van der Waals surface area (Å²) >= 11 is 0. The smallest absolute Gasteiger partial charge is 0.0213 e. The van der Waals surface area contributed by atoms with Crippen LogP contribution in [-0.2, 0) is 0 Å². The maximum absolute atomic E-state index is 3.67. The van der Waals surface area contributed by atoms with Crippen molar-refractivity contribution in [2.75, 3.05) is 13.6 Å². The molecule has 12 heavy (non-hydrogen) atoms. The summed E-state index contributed by atoms with van der Waals surface area (Å²) in [5.41, 5.74) is 2.95. The van der Waals surface area contributed by atoms with Crippen molar-refractivity contribution in [2.45, 2.75) is 19.8 Å². The quantitative estimate of drug-likeness (QED) is 0.578. The van der Waals surface area contributed by atoms with Crippen molar-refractivity contribution in [1.82, 2.24) is 4.90 Å². The minimum absolute atomic E-state index is 1.13. The summed E-state index contributed by atoms with van der Waals surface area (Å²) in [5, 5.41) is 0. The summed E-state index contributed by atoms with van der Waals surface area (Å²) in [4.78, 5) is 2.34. The van der Waals surface area contributed by atoms with Gasteiger partial charge in [0.2, 0.25) is 0 Å². The van der Waals surface area contributed by atoms with Crippen LogP contribution in [0.3, 0.4) is 0 Å². The first kappa shape index (κ1) is 9.11. The molecule has 1 nitrogen and oxygen atoms in total. The Hall–Kier alpha value is -0.980. The van der Waals surface area contributed by atoms with Gasteiger partial charge in [0, 0.05) is 19.3 Å². The Bertz CT molecular complexity index is 223. The van der Waals surface area contributed by atoms with E-state index >= 15 is 0 Å². The molecule has 0 bridgehead atoms. The third-order valence-electron chi connectivity index (χ3n) is 2.32. The van der Waals surface area contributed by atoms with Gasteiger partial charge in [0.15, 0.2) is 0 Å². The van der Waals surface area contributed by atoms with Gasteiger partial charge in [0.05, 0.1) is 0 Å². The summed E-state index contributed by atoms with van der Waals surface area (Å²) in [7, 11) is 2.16. The third kappa shape index (κ3) is 1.79. The van der Waals surface area contributed by atoms with Crippen molar-refractivity contribution in [1.29, 1.82) is 0 Å². The van der Waals surface area contributed by atoms with E-state index in [2.05, 4.69) is 31.5 Å². The van der Waals surface area contributed by atoms with Crippen molar-refractivity contribution >= 4 is 0 Å². The maximum Gasteiger partial charge on any atom is 0.0213 e. The molecule has 1 rings (SSSR count). The van der Waals surface area contributed by atoms with Crippen LogP contribution in [0.4, 0.5) is 0 Å². The van der Waals surface area contributed by atoms with Crippen LogP contribution in [0.5, 0.6) is 0 Å². The topological polar surface area (TPSA) is 3.24 Å². The molecule has 1 aliphatic heterocycles. The van der Waals surface area contributed by atoms with E-state index in [0.29, 0.717) is 0 Å². The number of hydrogen-bond acceptors (Lipinski definition) is 1. The second-order valence-corrected chi connectivity index (χ2v) is 3.09. The van der Waals surface area contributed by atoms with Gasteiger partial charge in [-0.1, -0.05) is 31.7 Å². The SMILES string of the molecule is C=C/C=C\C1=C(CC)N(C)CC1. The molecule has 0 aliphatic carbocycles. The molecule has 0 radical (unpaired) electrons. The molecular formula is C11H17N. The van der Waals surface area contributed by atoms with Crippen molar-refractivity contribution in [2.24, 2.45) is 0 Å². The molecule has 0 saturated heterocycles. The molecule has 0 aromatic carbocycles. The average Bonchev–Trinajstić information content (AvgIpc) is 2.43. The van der Waals surface area contributed by atoms with Gasteiger partial charge in [-0.15, -0.1) is 0 Å². The summed E-state index contributed by atoms with van der Waals surface area (Å²) in [6.45, 7) is 7.04. The molecule has 0 fully saturated rings. The van der Waals surface area contributed by atoms with E-state index in [1.807, 2.05) is 12.2 Å². The molecule has 1 aliphatic rings. The fourth-order valence-corrected chi connectivity index (χ4v) is 1.67. The van der Waals surface area contributed by atoms with E-state index in [0.717, 1.165) is 6.42 Å². The Morgan fingerprint density at radius 2 is 2.33 bits per heavy atom. The maximum atomic E-state index is 3.67. The Labute approximate surface area is 75.1 Å². The normalized spacial score (nSPS) is 18.0. The summed E-state index contributed by atoms with van der Waals surface area (Å²) in [6.07, 6.45) is 8.34. The second-order valence-electron chi connectivity index (χ2n) is 3.09. The first-order valence-corrected chi connectivity index (χ1v) is 4.51. The van der Waals surface area contributed by atoms with E-state index in [1.165, 1.54) is 24.2 Å². The molecule has 0 amide bonds. The second kappa shape index (κ2) is 4.15. The zero-order chi connectivity index (χ0) is 8.97. The van der Waals surface area contributed by atoms with Gasteiger partial charge in [-0.25, -0.2) is 0 Å². The van der Waals surface area contributed by atoms with Gasteiger partial charge in [-0.3, -0.25) is 0 Å². The Morgan fingerprint density at radius 3 is 2.92 bits per heavy atom. The van der Waals surface area contributed by atoms with Crippen molar-refractivity contribution in [3.05, 3.63) is 36.1 Å². The van der Waals surface area contributed by atoms with E-state index < -0.39 is 0 Å². The predicted molar refractivity (Wildman–Crippen MR) is 53.9 cm³/mol. The Kier molecular flexibility index (Phi) is 3.15. The molecule has 0 atom stereocenters. The van der Waals surface area contributed by atoms with Gasteiger partial charge in [0.1, 0.15) is 0 Å². The van der Waals surface area contributed by atoms with Crippen LogP contribution >= 0.6 is 0 Å². The summed E-state index contributed by atoms with van der Waals surface area (Å²) < 4.78 is 0. The lowest BCUT2D eigenvalue weighted by atomic mass is 10.1. The van der Waals surface area contributed by atoms with Gasteiger partial charge >= 0.3 is 0 Å². The zero-order valence-electron chi connectivity index (χ0n) is 8.01. The van der Waals surface area contributed by atoms with Crippen LogP contribution in [-0.4, -0.2) is 18.5 Å². The molecule has 0 aromatic heterocycles. The van der Waals surface area contributed by atoms with E-state index in [-0.39, 0.29) is 0 Å². The van der Waals surface area contributed by atoms with Crippen LogP contribution in [0.1, 0.15) is 19.8 Å². The zero-order valence-corrected chi connectivity index (χ0v) is 8.01. The molecule has 66 valence electrons. The van der Waals surface area contributed by atoms with Crippen LogP contribution in [0.15, 0.2) is 36.1 Å². The van der Waals surface area contributed by atoms with Crippen LogP contribution in [0, 0.1) is 0 Å². The van der Waals surface area contributed by atoms with Gasteiger partial charge in [0.25, 0.3) is 0 Å². The molecular weight excluding hydrogens is 146 g/mol. The van der Waals surface area contributed by atoms with Crippen molar-refractivity contribution in [3.63, 3.8) is 0 Å². The van der Waals surface area contributed by atoms with E-state index in [4.69, 9.17) is 0 Å². The highest BCUT2D eigenvalue weighted by Crippen LogP contribution is 2.24. The molecule has 1 heteroatoms. The van der Waals surface area contributed by atoms with E-state index in [1.54, 1.807) is 0 Å². The minimum Gasteiger partial charge on any atom is -0.377 e. The monoisotopic (exact) mass is 163 g/mol. The number of rotatable bonds is 3. The highest BCUT2D eigenvalue weighted by atomic mass is 15.1. The number of nitrogens with zero attached hydrogens (tertiary/aromatic N) is 1. The number of hydrogen-bond donors (Lipinski definition) is 0. The highest BCUT2D eigenvalue weighted by molar-refractivity contribution is 5.30. The molecule has 0 spiro atoms. The standard InChI is InChI=1S/C11H17N/c1-4-6-7-10-8-9-12(3)11(10)5-2/h4,6-7H,1,5,8-9H2,2-3H3/b7-6-. The molecule has 0 saturated carbocycles. The fourth-order valence-electron chi connectivity index (χ4n) is 1.67. The molecule has 1 heterocycles. The lowest BCUT2D eigenvalue weighted by Crippen LogP contribution is -2.12. The van der Waals surface area contributed by atoms with Gasteiger partial charge in [-0.05, 0) is 18.4 Å². The minimum atomic E-state index is 1.13. The third-order valence-corrected chi connectivity index (χ3v) is 2.32.